The van der Waals surface area contributed by atoms with Crippen LogP contribution in [0.15, 0.2) is 6.07 Å². The van der Waals surface area contributed by atoms with E-state index in [0.29, 0.717) is 31.9 Å². The van der Waals surface area contributed by atoms with Crippen LogP contribution in [0.2, 0.25) is 0 Å². The average Bonchev–Trinajstić information content (AvgIpc) is 2.64. The van der Waals surface area contributed by atoms with Gasteiger partial charge in [-0.05, 0) is 19.8 Å². The number of ether oxygens (including phenoxy) is 1. The van der Waals surface area contributed by atoms with Crippen LogP contribution in [0.25, 0.3) is 0 Å². The molecule has 0 saturated carbocycles. The highest BCUT2D eigenvalue weighted by atomic mass is 32.2. The fourth-order valence-corrected chi connectivity index (χ4v) is 3.06. The van der Waals surface area contributed by atoms with Gasteiger partial charge in [0, 0.05) is 25.0 Å². The Hall–Kier alpha value is -1.08. The summed E-state index contributed by atoms with van der Waals surface area (Å²) in [5, 5.41) is 6.17. The summed E-state index contributed by atoms with van der Waals surface area (Å²) in [6, 6.07) is 1.66. The Morgan fingerprint density at radius 3 is 2.75 bits per heavy atom. The van der Waals surface area contributed by atoms with Crippen LogP contribution < -0.4 is 4.72 Å². The summed E-state index contributed by atoms with van der Waals surface area (Å²) in [4.78, 5) is 0. The standard InChI is InChI=1S/C9H15N3O3S/c1-7-6-9(11-10-7)12-16(13,14)8-2-4-15-5-3-8/h6,8H,2-5H2,1H3,(H2,10,11,12). The maximum Gasteiger partial charge on any atom is 0.236 e. The molecule has 1 aromatic rings. The van der Waals surface area contributed by atoms with Crippen LogP contribution >= 0.6 is 0 Å². The molecular formula is C9H15N3O3S. The van der Waals surface area contributed by atoms with Crippen molar-refractivity contribution < 1.29 is 13.2 Å². The van der Waals surface area contributed by atoms with Crippen LogP contribution in [0.3, 0.4) is 0 Å². The SMILES string of the molecule is Cc1cc(NS(=O)(=O)C2CCOCC2)n[nH]1. The highest BCUT2D eigenvalue weighted by molar-refractivity contribution is 7.93. The molecule has 1 aromatic heterocycles. The van der Waals surface area contributed by atoms with E-state index in [0.717, 1.165) is 5.69 Å². The number of aromatic amines is 1. The van der Waals surface area contributed by atoms with E-state index in [1.807, 2.05) is 6.92 Å². The van der Waals surface area contributed by atoms with Gasteiger partial charge in [-0.1, -0.05) is 0 Å². The quantitative estimate of drug-likeness (QED) is 0.818. The molecule has 16 heavy (non-hydrogen) atoms. The number of sulfonamides is 1. The zero-order chi connectivity index (χ0) is 11.6. The van der Waals surface area contributed by atoms with Gasteiger partial charge in [-0.2, -0.15) is 5.10 Å². The number of rotatable bonds is 3. The van der Waals surface area contributed by atoms with E-state index in [1.165, 1.54) is 0 Å². The number of hydrogen-bond donors (Lipinski definition) is 2. The first-order valence-corrected chi connectivity index (χ1v) is 6.74. The second-order valence-corrected chi connectivity index (χ2v) is 5.86. The monoisotopic (exact) mass is 245 g/mol. The maximum absolute atomic E-state index is 11.9. The van der Waals surface area contributed by atoms with Crippen LogP contribution in [0, 0.1) is 6.92 Å². The van der Waals surface area contributed by atoms with Gasteiger partial charge < -0.3 is 4.74 Å². The van der Waals surface area contributed by atoms with Gasteiger partial charge >= 0.3 is 0 Å². The van der Waals surface area contributed by atoms with E-state index in [9.17, 15) is 8.42 Å². The Bertz CT molecular complexity index is 448. The average molecular weight is 245 g/mol. The highest BCUT2D eigenvalue weighted by Crippen LogP contribution is 2.18. The van der Waals surface area contributed by atoms with Gasteiger partial charge in [0.1, 0.15) is 0 Å². The fourth-order valence-electron chi connectivity index (χ4n) is 1.69. The Kier molecular flexibility index (Phi) is 3.15. The molecule has 0 aliphatic carbocycles. The largest absolute Gasteiger partial charge is 0.381 e. The molecule has 90 valence electrons. The second kappa shape index (κ2) is 4.42. The summed E-state index contributed by atoms with van der Waals surface area (Å²) < 4.78 is 31.5. The van der Waals surface area contributed by atoms with Crippen LogP contribution in [-0.2, 0) is 14.8 Å². The molecule has 6 nitrogen and oxygen atoms in total. The molecule has 7 heteroatoms. The number of nitrogens with one attached hydrogen (secondary N) is 2. The minimum Gasteiger partial charge on any atom is -0.381 e. The smallest absolute Gasteiger partial charge is 0.236 e. The van der Waals surface area contributed by atoms with E-state index >= 15 is 0 Å². The topological polar surface area (TPSA) is 84.1 Å². The predicted molar refractivity (Wildman–Crippen MR) is 59.7 cm³/mol. The lowest BCUT2D eigenvalue weighted by Crippen LogP contribution is -2.33. The Morgan fingerprint density at radius 1 is 1.50 bits per heavy atom. The van der Waals surface area contributed by atoms with Gasteiger partial charge in [-0.25, -0.2) is 8.42 Å². The van der Waals surface area contributed by atoms with Gasteiger partial charge in [-0.3, -0.25) is 9.82 Å². The van der Waals surface area contributed by atoms with Crippen molar-refractivity contribution in [2.24, 2.45) is 0 Å². The van der Waals surface area contributed by atoms with Gasteiger partial charge in [0.25, 0.3) is 0 Å². The molecule has 1 saturated heterocycles. The zero-order valence-electron chi connectivity index (χ0n) is 9.06. The molecule has 2 heterocycles. The lowest BCUT2D eigenvalue weighted by molar-refractivity contribution is 0.0984. The normalized spacial score (nSPS) is 18.6. The fraction of sp³-hybridized carbons (Fsp3) is 0.667. The molecule has 0 atom stereocenters. The lowest BCUT2D eigenvalue weighted by Gasteiger charge is -2.21. The van der Waals surface area contributed by atoms with Gasteiger partial charge in [0.15, 0.2) is 5.82 Å². The van der Waals surface area contributed by atoms with E-state index in [2.05, 4.69) is 14.9 Å². The molecular weight excluding hydrogens is 230 g/mol. The number of nitrogens with zero attached hydrogens (tertiary/aromatic N) is 1. The van der Waals surface area contributed by atoms with Crippen molar-refractivity contribution in [3.8, 4) is 0 Å². The number of anilines is 1. The van der Waals surface area contributed by atoms with E-state index in [1.54, 1.807) is 6.07 Å². The first-order valence-electron chi connectivity index (χ1n) is 5.19. The van der Waals surface area contributed by atoms with E-state index in [4.69, 9.17) is 4.74 Å². The minimum atomic E-state index is -3.34. The van der Waals surface area contributed by atoms with Gasteiger partial charge in [0.05, 0.1) is 5.25 Å². The van der Waals surface area contributed by atoms with Crippen LogP contribution in [-0.4, -0.2) is 37.1 Å². The molecule has 0 radical (unpaired) electrons. The summed E-state index contributed by atoms with van der Waals surface area (Å²) in [5.74, 6) is 0.351. The molecule has 0 amide bonds. The predicted octanol–water partition coefficient (Wildman–Crippen LogP) is 0.639. The van der Waals surface area contributed by atoms with Crippen LogP contribution in [0.1, 0.15) is 18.5 Å². The summed E-state index contributed by atoms with van der Waals surface area (Å²) >= 11 is 0. The molecule has 0 bridgehead atoms. The molecule has 2 N–H and O–H groups in total. The third-order valence-corrected chi connectivity index (χ3v) is 4.40. The van der Waals surface area contributed by atoms with Crippen molar-refractivity contribution in [3.05, 3.63) is 11.8 Å². The molecule has 0 spiro atoms. The zero-order valence-corrected chi connectivity index (χ0v) is 9.88. The first-order chi connectivity index (χ1) is 7.58. The van der Waals surface area contributed by atoms with Crippen molar-refractivity contribution in [2.75, 3.05) is 17.9 Å². The van der Waals surface area contributed by atoms with Crippen LogP contribution in [0.4, 0.5) is 5.82 Å². The highest BCUT2D eigenvalue weighted by Gasteiger charge is 2.28. The molecule has 1 fully saturated rings. The second-order valence-electron chi connectivity index (χ2n) is 3.89. The third kappa shape index (κ3) is 2.53. The van der Waals surface area contributed by atoms with Gasteiger partial charge in [-0.15, -0.1) is 0 Å². The lowest BCUT2D eigenvalue weighted by atomic mass is 10.2. The first kappa shape index (κ1) is 11.4. The van der Waals surface area contributed by atoms with Gasteiger partial charge in [0.2, 0.25) is 10.0 Å². The van der Waals surface area contributed by atoms with Crippen molar-refractivity contribution in [3.63, 3.8) is 0 Å². The molecule has 0 aromatic carbocycles. The van der Waals surface area contributed by atoms with Crippen molar-refractivity contribution in [1.82, 2.24) is 10.2 Å². The number of aromatic nitrogens is 2. The number of aryl methyl sites for hydroxylation is 1. The molecule has 2 rings (SSSR count). The summed E-state index contributed by atoms with van der Waals surface area (Å²) in [6.07, 6.45) is 1.08. The summed E-state index contributed by atoms with van der Waals surface area (Å²) in [5.41, 5.74) is 0.824. The minimum absolute atomic E-state index is 0.351. The molecule has 1 aliphatic heterocycles. The summed E-state index contributed by atoms with van der Waals surface area (Å²) in [7, 11) is -3.34. The Labute approximate surface area is 94.4 Å². The Balaban J connectivity index is 2.07. The number of hydrogen-bond acceptors (Lipinski definition) is 4. The molecule has 0 unspecified atom stereocenters. The number of H-pyrrole nitrogens is 1. The summed E-state index contributed by atoms with van der Waals surface area (Å²) in [6.45, 7) is 2.83. The maximum atomic E-state index is 11.9. The van der Waals surface area contributed by atoms with Crippen molar-refractivity contribution in [2.45, 2.75) is 25.0 Å². The third-order valence-electron chi connectivity index (χ3n) is 2.56. The van der Waals surface area contributed by atoms with E-state index in [-0.39, 0.29) is 5.25 Å². The van der Waals surface area contributed by atoms with Crippen LogP contribution in [0.5, 0.6) is 0 Å². The van der Waals surface area contributed by atoms with Crippen molar-refractivity contribution in [1.29, 1.82) is 0 Å². The van der Waals surface area contributed by atoms with Crippen molar-refractivity contribution >= 4 is 15.8 Å². The van der Waals surface area contributed by atoms with E-state index < -0.39 is 10.0 Å². The Morgan fingerprint density at radius 2 is 2.19 bits per heavy atom. The molecule has 1 aliphatic rings.